The Morgan fingerprint density at radius 2 is 2.06 bits per heavy atom. The molecule has 0 spiro atoms. The van der Waals surface area contributed by atoms with Crippen molar-refractivity contribution >= 4 is 11.8 Å². The Bertz CT molecular complexity index is 288. The van der Waals surface area contributed by atoms with E-state index in [9.17, 15) is 9.59 Å². The zero-order chi connectivity index (χ0) is 12.8. The molecule has 1 saturated carbocycles. The normalized spacial score (nSPS) is 24.9. The molecule has 0 aromatic carbocycles. The summed E-state index contributed by atoms with van der Waals surface area (Å²) >= 11 is 0. The highest BCUT2D eigenvalue weighted by Crippen LogP contribution is 2.28. The lowest BCUT2D eigenvalue weighted by molar-refractivity contribution is -0.128. The summed E-state index contributed by atoms with van der Waals surface area (Å²) in [5, 5.41) is 5.75. The highest BCUT2D eigenvalue weighted by Gasteiger charge is 2.24. The largest absolute Gasteiger partial charge is 0.356 e. The summed E-state index contributed by atoms with van der Waals surface area (Å²) in [7, 11) is 0. The molecule has 2 aliphatic rings. The molecule has 0 aromatic rings. The predicted octanol–water partition coefficient (Wildman–Crippen LogP) is 1.60. The van der Waals surface area contributed by atoms with Gasteiger partial charge >= 0.3 is 0 Å². The van der Waals surface area contributed by atoms with Gasteiger partial charge in [0.1, 0.15) is 0 Å². The minimum absolute atomic E-state index is 0.0193. The van der Waals surface area contributed by atoms with Gasteiger partial charge in [-0.2, -0.15) is 0 Å². The van der Waals surface area contributed by atoms with E-state index in [0.717, 1.165) is 18.9 Å². The third-order valence-corrected chi connectivity index (χ3v) is 4.20. The molecule has 0 radical (unpaired) electrons. The predicted molar refractivity (Wildman–Crippen MR) is 69.9 cm³/mol. The van der Waals surface area contributed by atoms with Crippen LogP contribution in [0.4, 0.5) is 0 Å². The first kappa shape index (κ1) is 13.4. The molecule has 0 bridgehead atoms. The number of nitrogens with one attached hydrogen (secondary N) is 2. The van der Waals surface area contributed by atoms with E-state index in [1.807, 2.05) is 0 Å². The van der Waals surface area contributed by atoms with E-state index in [1.54, 1.807) is 0 Å². The van der Waals surface area contributed by atoms with Crippen molar-refractivity contribution in [2.24, 2.45) is 11.8 Å². The van der Waals surface area contributed by atoms with E-state index in [0.29, 0.717) is 19.4 Å². The average molecular weight is 252 g/mol. The van der Waals surface area contributed by atoms with Crippen molar-refractivity contribution in [2.75, 3.05) is 13.1 Å². The molecule has 1 heterocycles. The van der Waals surface area contributed by atoms with Crippen LogP contribution in [0.3, 0.4) is 0 Å². The van der Waals surface area contributed by atoms with E-state index in [-0.39, 0.29) is 17.7 Å². The summed E-state index contributed by atoms with van der Waals surface area (Å²) in [5.41, 5.74) is 0. The van der Waals surface area contributed by atoms with Gasteiger partial charge in [-0.05, 0) is 25.2 Å². The fourth-order valence-electron chi connectivity index (χ4n) is 3.00. The van der Waals surface area contributed by atoms with E-state index in [4.69, 9.17) is 0 Å². The van der Waals surface area contributed by atoms with Crippen LogP contribution in [0, 0.1) is 11.8 Å². The van der Waals surface area contributed by atoms with Gasteiger partial charge in [0, 0.05) is 19.5 Å². The summed E-state index contributed by atoms with van der Waals surface area (Å²) in [6, 6.07) is 0. The van der Waals surface area contributed by atoms with Gasteiger partial charge in [-0.1, -0.05) is 25.7 Å². The van der Waals surface area contributed by atoms with Crippen LogP contribution in [0.25, 0.3) is 0 Å². The van der Waals surface area contributed by atoms with Crippen LogP contribution in [0.5, 0.6) is 0 Å². The maximum Gasteiger partial charge on any atom is 0.224 e. The number of piperidine rings is 1. The molecule has 4 nitrogen and oxygen atoms in total. The standard InChI is InChI=1S/C14H24N2O2/c17-13-8-7-12(10-16-13)14(18)15-9-3-6-11-4-1-2-5-11/h11-12H,1-10H2,(H,15,18)(H,16,17). The third-order valence-electron chi connectivity index (χ3n) is 4.20. The zero-order valence-electron chi connectivity index (χ0n) is 11.0. The first-order valence-electron chi connectivity index (χ1n) is 7.30. The molecule has 2 N–H and O–H groups in total. The van der Waals surface area contributed by atoms with Gasteiger partial charge in [-0.25, -0.2) is 0 Å². The number of rotatable bonds is 5. The minimum atomic E-state index is -0.0193. The molecule has 0 aromatic heterocycles. The van der Waals surface area contributed by atoms with E-state index in [2.05, 4.69) is 10.6 Å². The van der Waals surface area contributed by atoms with Crippen LogP contribution in [-0.4, -0.2) is 24.9 Å². The fraction of sp³-hybridized carbons (Fsp3) is 0.857. The van der Waals surface area contributed by atoms with Crippen LogP contribution >= 0.6 is 0 Å². The highest BCUT2D eigenvalue weighted by molar-refractivity contribution is 5.83. The second kappa shape index (κ2) is 6.76. The summed E-state index contributed by atoms with van der Waals surface area (Å²) in [6.45, 7) is 1.30. The Kier molecular flexibility index (Phi) is 5.02. The SMILES string of the molecule is O=C1CCC(C(=O)NCCCC2CCCC2)CN1. The fourth-order valence-corrected chi connectivity index (χ4v) is 3.00. The van der Waals surface area contributed by atoms with Gasteiger partial charge in [-0.15, -0.1) is 0 Å². The van der Waals surface area contributed by atoms with Gasteiger partial charge in [0.15, 0.2) is 0 Å². The van der Waals surface area contributed by atoms with Gasteiger partial charge < -0.3 is 10.6 Å². The molecule has 18 heavy (non-hydrogen) atoms. The molecule has 1 unspecified atom stereocenters. The Morgan fingerprint density at radius 3 is 2.72 bits per heavy atom. The second-order valence-corrected chi connectivity index (χ2v) is 5.62. The van der Waals surface area contributed by atoms with Crippen molar-refractivity contribution < 1.29 is 9.59 Å². The minimum Gasteiger partial charge on any atom is -0.356 e. The number of hydrogen-bond donors (Lipinski definition) is 2. The number of carbonyl (C=O) groups is 2. The highest BCUT2D eigenvalue weighted by atomic mass is 16.2. The summed E-state index contributed by atoms with van der Waals surface area (Å²) in [6.07, 6.45) is 9.06. The monoisotopic (exact) mass is 252 g/mol. The Hall–Kier alpha value is -1.06. The summed E-state index contributed by atoms with van der Waals surface area (Å²) < 4.78 is 0. The molecule has 2 amide bonds. The zero-order valence-corrected chi connectivity index (χ0v) is 11.0. The number of carbonyl (C=O) groups excluding carboxylic acids is 2. The number of hydrogen-bond acceptors (Lipinski definition) is 2. The van der Waals surface area contributed by atoms with E-state index >= 15 is 0 Å². The summed E-state index contributed by atoms with van der Waals surface area (Å²) in [5.74, 6) is 1.06. The maximum absolute atomic E-state index is 11.8. The molecule has 2 fully saturated rings. The lowest BCUT2D eigenvalue weighted by Crippen LogP contribution is -2.43. The van der Waals surface area contributed by atoms with Crippen molar-refractivity contribution in [2.45, 2.75) is 51.4 Å². The van der Waals surface area contributed by atoms with Crippen LogP contribution in [0.2, 0.25) is 0 Å². The number of amides is 2. The molecule has 4 heteroatoms. The molecule has 102 valence electrons. The molecular formula is C14H24N2O2. The van der Waals surface area contributed by atoms with E-state index in [1.165, 1.54) is 32.1 Å². The Morgan fingerprint density at radius 1 is 1.28 bits per heavy atom. The van der Waals surface area contributed by atoms with Crippen LogP contribution in [0.15, 0.2) is 0 Å². The summed E-state index contributed by atoms with van der Waals surface area (Å²) in [4.78, 5) is 22.8. The van der Waals surface area contributed by atoms with Crippen molar-refractivity contribution in [1.82, 2.24) is 10.6 Å². The molecule has 1 saturated heterocycles. The van der Waals surface area contributed by atoms with Crippen LogP contribution in [-0.2, 0) is 9.59 Å². The van der Waals surface area contributed by atoms with Crippen molar-refractivity contribution in [1.29, 1.82) is 0 Å². The van der Waals surface area contributed by atoms with Gasteiger partial charge in [-0.3, -0.25) is 9.59 Å². The van der Waals surface area contributed by atoms with Gasteiger partial charge in [0.05, 0.1) is 5.92 Å². The van der Waals surface area contributed by atoms with Crippen molar-refractivity contribution in [3.05, 3.63) is 0 Å². The van der Waals surface area contributed by atoms with Gasteiger partial charge in [0.2, 0.25) is 11.8 Å². The molecule has 2 rings (SSSR count). The first-order chi connectivity index (χ1) is 8.75. The lowest BCUT2D eigenvalue weighted by Gasteiger charge is -2.21. The third kappa shape index (κ3) is 4.00. The second-order valence-electron chi connectivity index (χ2n) is 5.62. The Labute approximate surface area is 109 Å². The average Bonchev–Trinajstić information content (AvgIpc) is 2.88. The maximum atomic E-state index is 11.8. The molecule has 1 atom stereocenters. The quantitative estimate of drug-likeness (QED) is 0.730. The van der Waals surface area contributed by atoms with Crippen molar-refractivity contribution in [3.8, 4) is 0 Å². The van der Waals surface area contributed by atoms with E-state index < -0.39 is 0 Å². The van der Waals surface area contributed by atoms with Crippen LogP contribution < -0.4 is 10.6 Å². The first-order valence-corrected chi connectivity index (χ1v) is 7.30. The lowest BCUT2D eigenvalue weighted by atomic mass is 9.98. The molecular weight excluding hydrogens is 228 g/mol. The van der Waals surface area contributed by atoms with Crippen LogP contribution in [0.1, 0.15) is 51.4 Å². The topological polar surface area (TPSA) is 58.2 Å². The van der Waals surface area contributed by atoms with Gasteiger partial charge in [0.25, 0.3) is 0 Å². The Balaban J connectivity index is 1.55. The smallest absolute Gasteiger partial charge is 0.224 e. The molecule has 1 aliphatic carbocycles. The van der Waals surface area contributed by atoms with Crippen molar-refractivity contribution in [3.63, 3.8) is 0 Å². The molecule has 1 aliphatic heterocycles.